The third-order valence-corrected chi connectivity index (χ3v) is 3.28. The summed E-state index contributed by atoms with van der Waals surface area (Å²) < 4.78 is 37.5. The van der Waals surface area contributed by atoms with Gasteiger partial charge in [-0.15, -0.1) is 0 Å². The van der Waals surface area contributed by atoms with E-state index in [1.165, 1.54) is 27.2 Å². The highest BCUT2D eigenvalue weighted by Crippen LogP contribution is 2.34. The highest BCUT2D eigenvalue weighted by Gasteiger charge is 2.34. The number of hydrogen-bond donors (Lipinski definition) is 1. The molecule has 3 nitrogen and oxygen atoms in total. The molecule has 18 heavy (non-hydrogen) atoms. The summed E-state index contributed by atoms with van der Waals surface area (Å²) in [5, 5.41) is 10.2. The molecule has 0 saturated carbocycles. The van der Waals surface area contributed by atoms with Crippen LogP contribution in [0, 0.1) is 11.6 Å². The molecule has 6 heteroatoms. The van der Waals surface area contributed by atoms with Crippen molar-refractivity contribution >= 4 is 15.9 Å². The number of rotatable bonds is 5. The topological polar surface area (TPSA) is 38.7 Å². The van der Waals surface area contributed by atoms with Crippen LogP contribution in [0.5, 0.6) is 0 Å². The monoisotopic (exact) mass is 324 g/mol. The van der Waals surface area contributed by atoms with Gasteiger partial charge in [-0.3, -0.25) is 0 Å². The molecule has 0 heterocycles. The van der Waals surface area contributed by atoms with Gasteiger partial charge in [0.1, 0.15) is 11.6 Å². The molecule has 0 aliphatic carbocycles. The first-order valence-corrected chi connectivity index (χ1v) is 6.04. The minimum Gasteiger partial charge on any atom is -0.385 e. The van der Waals surface area contributed by atoms with Crippen LogP contribution in [0.2, 0.25) is 0 Å². The van der Waals surface area contributed by atoms with Gasteiger partial charge in [-0.25, -0.2) is 8.78 Å². The molecular weight excluding hydrogens is 310 g/mol. The molecule has 1 unspecified atom stereocenters. The minimum absolute atomic E-state index is 0.0885. The lowest BCUT2D eigenvalue weighted by atomic mass is 9.91. The lowest BCUT2D eigenvalue weighted by molar-refractivity contribution is -0.143. The van der Waals surface area contributed by atoms with Crippen molar-refractivity contribution in [1.29, 1.82) is 0 Å². The predicted octanol–water partition coefficient (Wildman–Crippen LogP) is 2.94. The van der Waals surface area contributed by atoms with E-state index in [2.05, 4.69) is 15.9 Å². The standard InChI is InChI=1S/C12H15BrF2O3/c1-12(16,6-9(17-2)18-3)10-8(14)5-4-7(13)11(10)15/h4-5,9,16H,6H2,1-3H3. The number of hydrogen-bond acceptors (Lipinski definition) is 3. The van der Waals surface area contributed by atoms with Gasteiger partial charge < -0.3 is 14.6 Å². The van der Waals surface area contributed by atoms with Crippen LogP contribution in [-0.4, -0.2) is 25.6 Å². The van der Waals surface area contributed by atoms with Crippen molar-refractivity contribution in [3.05, 3.63) is 33.8 Å². The molecule has 1 atom stereocenters. The predicted molar refractivity (Wildman–Crippen MR) is 66.1 cm³/mol. The van der Waals surface area contributed by atoms with Gasteiger partial charge in [-0.1, -0.05) is 0 Å². The van der Waals surface area contributed by atoms with Crippen molar-refractivity contribution in [3.8, 4) is 0 Å². The first-order chi connectivity index (χ1) is 8.33. The summed E-state index contributed by atoms with van der Waals surface area (Å²) in [6, 6.07) is 2.33. The Bertz CT molecular complexity index is 420. The van der Waals surface area contributed by atoms with Gasteiger partial charge in [-0.05, 0) is 35.0 Å². The van der Waals surface area contributed by atoms with Crippen LogP contribution in [0.25, 0.3) is 0 Å². The van der Waals surface area contributed by atoms with Gasteiger partial charge in [0.2, 0.25) is 0 Å². The fraction of sp³-hybridized carbons (Fsp3) is 0.500. The molecule has 0 saturated heterocycles. The summed E-state index contributed by atoms with van der Waals surface area (Å²) in [5.74, 6) is -1.64. The van der Waals surface area contributed by atoms with Crippen molar-refractivity contribution in [2.24, 2.45) is 0 Å². The zero-order valence-corrected chi connectivity index (χ0v) is 11.9. The Balaban J connectivity index is 3.15. The van der Waals surface area contributed by atoms with Gasteiger partial charge in [-0.2, -0.15) is 0 Å². The third-order valence-electron chi connectivity index (χ3n) is 2.67. The molecule has 0 bridgehead atoms. The molecule has 0 aromatic heterocycles. The van der Waals surface area contributed by atoms with Crippen LogP contribution in [0.1, 0.15) is 18.9 Å². The zero-order valence-electron chi connectivity index (χ0n) is 10.3. The molecule has 0 spiro atoms. The Hall–Kier alpha value is -0.560. The summed E-state index contributed by atoms with van der Waals surface area (Å²) in [6.07, 6.45) is -0.845. The molecule has 0 amide bonds. The zero-order chi connectivity index (χ0) is 13.9. The van der Waals surface area contributed by atoms with Gasteiger partial charge in [0.15, 0.2) is 6.29 Å². The normalized spacial score (nSPS) is 14.9. The summed E-state index contributed by atoms with van der Waals surface area (Å²) in [4.78, 5) is 0. The third kappa shape index (κ3) is 3.26. The maximum absolute atomic E-state index is 13.9. The maximum atomic E-state index is 13.9. The molecule has 1 aromatic carbocycles. The van der Waals surface area contributed by atoms with Crippen LogP contribution in [0.4, 0.5) is 8.78 Å². The van der Waals surface area contributed by atoms with Gasteiger partial charge in [0.25, 0.3) is 0 Å². The SMILES string of the molecule is COC(CC(C)(O)c1c(F)ccc(Br)c1F)OC. The van der Waals surface area contributed by atoms with E-state index in [0.29, 0.717) is 0 Å². The lowest BCUT2D eigenvalue weighted by Gasteiger charge is -2.28. The highest BCUT2D eigenvalue weighted by atomic mass is 79.9. The highest BCUT2D eigenvalue weighted by molar-refractivity contribution is 9.10. The van der Waals surface area contributed by atoms with Crippen molar-refractivity contribution in [1.82, 2.24) is 0 Å². The Morgan fingerprint density at radius 3 is 2.39 bits per heavy atom. The van der Waals surface area contributed by atoms with Gasteiger partial charge >= 0.3 is 0 Å². The first kappa shape index (κ1) is 15.5. The van der Waals surface area contributed by atoms with Crippen LogP contribution in [0.3, 0.4) is 0 Å². The second-order valence-electron chi connectivity index (χ2n) is 4.10. The van der Waals surface area contributed by atoms with E-state index >= 15 is 0 Å². The second-order valence-corrected chi connectivity index (χ2v) is 4.95. The van der Waals surface area contributed by atoms with E-state index in [0.717, 1.165) is 6.07 Å². The molecule has 0 radical (unpaired) electrons. The fourth-order valence-electron chi connectivity index (χ4n) is 1.71. The van der Waals surface area contributed by atoms with Crippen LogP contribution >= 0.6 is 15.9 Å². The van der Waals surface area contributed by atoms with Crippen molar-refractivity contribution in [2.45, 2.75) is 25.2 Å². The molecule has 102 valence electrons. The molecule has 1 rings (SSSR count). The fourth-order valence-corrected chi connectivity index (χ4v) is 2.04. The molecule has 1 aromatic rings. The van der Waals surface area contributed by atoms with Crippen molar-refractivity contribution in [3.63, 3.8) is 0 Å². The smallest absolute Gasteiger partial charge is 0.159 e. The van der Waals surface area contributed by atoms with E-state index in [1.807, 2.05) is 0 Å². The van der Waals surface area contributed by atoms with Crippen LogP contribution < -0.4 is 0 Å². The van der Waals surface area contributed by atoms with Crippen LogP contribution in [0.15, 0.2) is 16.6 Å². The summed E-state index contributed by atoms with van der Waals surface area (Å²) in [5.41, 5.74) is -2.15. The Morgan fingerprint density at radius 2 is 1.89 bits per heavy atom. The summed E-state index contributed by atoms with van der Waals surface area (Å²) in [6.45, 7) is 1.31. The number of benzene rings is 1. The number of ether oxygens (including phenoxy) is 2. The van der Waals surface area contributed by atoms with Crippen LogP contribution in [-0.2, 0) is 15.1 Å². The molecular formula is C12H15BrF2O3. The van der Waals surface area contributed by atoms with E-state index in [-0.39, 0.29) is 10.9 Å². The van der Waals surface area contributed by atoms with E-state index in [4.69, 9.17) is 9.47 Å². The van der Waals surface area contributed by atoms with Gasteiger partial charge in [0.05, 0.1) is 15.6 Å². The van der Waals surface area contributed by atoms with Crippen molar-refractivity contribution < 1.29 is 23.4 Å². The van der Waals surface area contributed by atoms with Crippen molar-refractivity contribution in [2.75, 3.05) is 14.2 Å². The minimum atomic E-state index is -1.74. The van der Waals surface area contributed by atoms with E-state index in [1.54, 1.807) is 0 Å². The molecule has 0 aliphatic rings. The average molecular weight is 325 g/mol. The number of halogens is 3. The Morgan fingerprint density at radius 1 is 1.33 bits per heavy atom. The summed E-state index contributed by atoms with van der Waals surface area (Å²) >= 11 is 2.96. The first-order valence-electron chi connectivity index (χ1n) is 5.25. The second kappa shape index (κ2) is 6.06. The Labute approximate surface area is 113 Å². The molecule has 0 fully saturated rings. The quantitative estimate of drug-likeness (QED) is 0.668. The Kier molecular flexibility index (Phi) is 5.21. The van der Waals surface area contributed by atoms with E-state index < -0.39 is 29.1 Å². The van der Waals surface area contributed by atoms with E-state index in [9.17, 15) is 13.9 Å². The number of methoxy groups -OCH3 is 2. The van der Waals surface area contributed by atoms with Gasteiger partial charge in [0, 0.05) is 20.6 Å². The largest absolute Gasteiger partial charge is 0.385 e. The average Bonchev–Trinajstić information content (AvgIpc) is 2.31. The number of aliphatic hydroxyl groups is 1. The molecule has 0 aliphatic heterocycles. The maximum Gasteiger partial charge on any atom is 0.159 e. The lowest BCUT2D eigenvalue weighted by Crippen LogP contribution is -2.31. The summed E-state index contributed by atoms with van der Waals surface area (Å²) in [7, 11) is 2.77. The molecule has 1 N–H and O–H groups in total.